The van der Waals surface area contributed by atoms with Gasteiger partial charge in [0.2, 0.25) is 0 Å². The highest BCUT2D eigenvalue weighted by Gasteiger charge is 2.49. The number of fused-ring (bicyclic) bond motifs is 15. The summed E-state index contributed by atoms with van der Waals surface area (Å²) < 4.78 is 8.64. The monoisotopic (exact) mass is 675 g/mol. The Balaban J connectivity index is 1.16. The molecule has 1 unspecified atom stereocenters. The minimum atomic E-state index is -0.563. The Bertz CT molecular complexity index is 3180. The molecule has 12 rings (SSSR count). The van der Waals surface area contributed by atoms with E-state index in [4.69, 9.17) is 14.4 Å². The van der Waals surface area contributed by atoms with E-state index in [9.17, 15) is 0 Å². The number of furan rings is 1. The van der Waals surface area contributed by atoms with Crippen molar-refractivity contribution in [2.75, 3.05) is 0 Å². The summed E-state index contributed by atoms with van der Waals surface area (Å²) in [6.45, 7) is 0. The number of nitrogens with zero attached hydrogens (tertiary/aromatic N) is 3. The number of pyridine rings is 2. The molecule has 0 fully saturated rings. The van der Waals surface area contributed by atoms with E-state index in [1.165, 1.54) is 50.1 Å². The highest BCUT2D eigenvalue weighted by molar-refractivity contribution is 6.10. The third kappa shape index (κ3) is 3.79. The van der Waals surface area contributed by atoms with Crippen molar-refractivity contribution in [2.45, 2.75) is 5.41 Å². The van der Waals surface area contributed by atoms with Crippen LogP contribution >= 0.6 is 0 Å². The molecule has 0 saturated carbocycles. The quantitative estimate of drug-likeness (QED) is 0.183. The molecule has 0 amide bonds. The third-order valence-electron chi connectivity index (χ3n) is 11.5. The van der Waals surface area contributed by atoms with Gasteiger partial charge in [0.15, 0.2) is 0 Å². The molecule has 6 aromatic carbocycles. The topological polar surface area (TPSA) is 43.9 Å². The molecule has 1 atom stereocenters. The van der Waals surface area contributed by atoms with Crippen LogP contribution in [0.1, 0.15) is 33.4 Å². The van der Waals surface area contributed by atoms with Crippen molar-refractivity contribution in [2.24, 2.45) is 0 Å². The fraction of sp³-hybridized carbons (Fsp3) is 0.0204. The van der Waals surface area contributed by atoms with Crippen LogP contribution in [0.5, 0.6) is 0 Å². The van der Waals surface area contributed by atoms with Crippen LogP contribution in [0.3, 0.4) is 0 Å². The van der Waals surface area contributed by atoms with Gasteiger partial charge in [0.1, 0.15) is 22.6 Å². The molecule has 2 aliphatic rings. The van der Waals surface area contributed by atoms with Crippen molar-refractivity contribution in [1.82, 2.24) is 14.5 Å². The van der Waals surface area contributed by atoms with Crippen LogP contribution in [0.4, 0.5) is 0 Å². The summed E-state index contributed by atoms with van der Waals surface area (Å²) in [5, 5.41) is 4.53. The largest absolute Gasteiger partial charge is 0.456 e. The molecule has 0 aliphatic heterocycles. The Morgan fingerprint density at radius 1 is 0.453 bits per heavy atom. The summed E-state index contributed by atoms with van der Waals surface area (Å²) >= 11 is 0. The standard InChI is InChI=1S/C49H29N3O/c1-4-14-40-30(10-1)18-19-31-20-21-33(32-22-23-44-38(26-32)36-13-9-25-51-48(36)52(44)47-17-7-8-24-50-47)27-42(31)49(40)41-15-5-2-11-34(41)37-29-46-39(28-43(37)49)35-12-3-6-16-45(35)53-46/h1-29H. The van der Waals surface area contributed by atoms with Crippen molar-refractivity contribution in [3.05, 3.63) is 197 Å². The lowest BCUT2D eigenvalue weighted by Crippen LogP contribution is -2.30. The SMILES string of the molecule is C1=Cc2ccc(-c3ccc4c(c3)c3cccnc3n4-c3ccccn3)cc2C2(c3ccccc31)c1ccccc1-c1cc3oc4ccccc4c3cc12. The van der Waals surface area contributed by atoms with Gasteiger partial charge >= 0.3 is 0 Å². The third-order valence-corrected chi connectivity index (χ3v) is 11.5. The zero-order chi connectivity index (χ0) is 34.7. The van der Waals surface area contributed by atoms with E-state index in [1.807, 2.05) is 42.7 Å². The molecule has 0 saturated heterocycles. The lowest BCUT2D eigenvalue weighted by molar-refractivity contribution is 0.668. The second kappa shape index (κ2) is 10.5. The molecule has 53 heavy (non-hydrogen) atoms. The molecule has 2 aliphatic carbocycles. The minimum absolute atomic E-state index is 0.563. The Morgan fingerprint density at radius 3 is 2.13 bits per heavy atom. The van der Waals surface area contributed by atoms with Crippen molar-refractivity contribution < 1.29 is 4.42 Å². The van der Waals surface area contributed by atoms with Gasteiger partial charge in [-0.1, -0.05) is 103 Å². The van der Waals surface area contributed by atoms with Crippen molar-refractivity contribution in [3.63, 3.8) is 0 Å². The maximum atomic E-state index is 6.48. The zero-order valence-corrected chi connectivity index (χ0v) is 28.5. The fourth-order valence-corrected chi connectivity index (χ4v) is 9.33. The highest BCUT2D eigenvalue weighted by atomic mass is 16.3. The van der Waals surface area contributed by atoms with E-state index >= 15 is 0 Å². The second-order valence-corrected chi connectivity index (χ2v) is 14.1. The summed E-state index contributed by atoms with van der Waals surface area (Å²) in [4.78, 5) is 9.52. The highest BCUT2D eigenvalue weighted by Crippen LogP contribution is 2.60. The van der Waals surface area contributed by atoms with Gasteiger partial charge in [-0.15, -0.1) is 0 Å². The number of benzene rings is 6. The van der Waals surface area contributed by atoms with Gasteiger partial charge in [-0.3, -0.25) is 4.57 Å². The molecule has 4 nitrogen and oxygen atoms in total. The fourth-order valence-electron chi connectivity index (χ4n) is 9.33. The lowest BCUT2D eigenvalue weighted by Gasteiger charge is -2.35. The van der Waals surface area contributed by atoms with Crippen LogP contribution in [-0.4, -0.2) is 14.5 Å². The van der Waals surface area contributed by atoms with E-state index in [2.05, 4.69) is 138 Å². The molecular formula is C49H29N3O. The Labute approximate surface area is 304 Å². The van der Waals surface area contributed by atoms with Gasteiger partial charge < -0.3 is 4.42 Å². The second-order valence-electron chi connectivity index (χ2n) is 14.1. The summed E-state index contributed by atoms with van der Waals surface area (Å²) in [5.74, 6) is 0.856. The summed E-state index contributed by atoms with van der Waals surface area (Å²) in [5.41, 5.74) is 15.6. The average molecular weight is 676 g/mol. The van der Waals surface area contributed by atoms with Crippen molar-refractivity contribution >= 4 is 56.0 Å². The number of hydrogen-bond donors (Lipinski definition) is 0. The Kier molecular flexibility index (Phi) is 5.67. The summed E-state index contributed by atoms with van der Waals surface area (Å²) in [7, 11) is 0. The van der Waals surface area contributed by atoms with Crippen LogP contribution < -0.4 is 0 Å². The average Bonchev–Trinajstić information content (AvgIpc) is 3.81. The lowest BCUT2D eigenvalue weighted by atomic mass is 9.65. The normalized spacial score (nSPS) is 15.5. The summed E-state index contributed by atoms with van der Waals surface area (Å²) in [6.07, 6.45) is 8.28. The van der Waals surface area contributed by atoms with Crippen LogP contribution in [0.25, 0.3) is 84.1 Å². The van der Waals surface area contributed by atoms with Gasteiger partial charge in [-0.05, 0) is 116 Å². The van der Waals surface area contributed by atoms with Gasteiger partial charge in [0.25, 0.3) is 0 Å². The van der Waals surface area contributed by atoms with Gasteiger partial charge in [-0.2, -0.15) is 0 Å². The minimum Gasteiger partial charge on any atom is -0.456 e. The smallest absolute Gasteiger partial charge is 0.146 e. The van der Waals surface area contributed by atoms with E-state index in [-0.39, 0.29) is 0 Å². The molecular weight excluding hydrogens is 647 g/mol. The molecule has 0 N–H and O–H groups in total. The first kappa shape index (κ1) is 28.6. The van der Waals surface area contributed by atoms with E-state index < -0.39 is 5.41 Å². The molecule has 246 valence electrons. The Morgan fingerprint density at radius 2 is 1.21 bits per heavy atom. The van der Waals surface area contributed by atoms with Crippen LogP contribution in [0, 0.1) is 0 Å². The van der Waals surface area contributed by atoms with E-state index in [1.54, 1.807) is 0 Å². The number of rotatable bonds is 2. The van der Waals surface area contributed by atoms with Gasteiger partial charge in [0, 0.05) is 33.9 Å². The predicted molar refractivity (Wildman–Crippen MR) is 215 cm³/mol. The Hall–Kier alpha value is -7.04. The summed E-state index contributed by atoms with van der Waals surface area (Å²) in [6, 6.07) is 55.0. The predicted octanol–water partition coefficient (Wildman–Crippen LogP) is 12.0. The van der Waals surface area contributed by atoms with Crippen LogP contribution in [-0.2, 0) is 5.41 Å². The zero-order valence-electron chi connectivity index (χ0n) is 28.5. The molecule has 1 spiro atoms. The number of aromatic nitrogens is 3. The molecule has 0 bridgehead atoms. The number of hydrogen-bond acceptors (Lipinski definition) is 3. The molecule has 4 heterocycles. The maximum absolute atomic E-state index is 6.48. The number of para-hydroxylation sites is 1. The van der Waals surface area contributed by atoms with Gasteiger partial charge in [0.05, 0.1) is 10.9 Å². The maximum Gasteiger partial charge on any atom is 0.146 e. The van der Waals surface area contributed by atoms with Crippen molar-refractivity contribution in [3.8, 4) is 28.1 Å². The van der Waals surface area contributed by atoms with Crippen LogP contribution in [0.15, 0.2) is 168 Å². The van der Waals surface area contributed by atoms with Crippen molar-refractivity contribution in [1.29, 1.82) is 0 Å². The molecule has 4 heteroatoms. The van der Waals surface area contributed by atoms with Crippen LogP contribution in [0.2, 0.25) is 0 Å². The van der Waals surface area contributed by atoms with Gasteiger partial charge in [-0.25, -0.2) is 9.97 Å². The van der Waals surface area contributed by atoms with E-state index in [0.29, 0.717) is 0 Å². The first-order valence-corrected chi connectivity index (χ1v) is 18.1. The first-order chi connectivity index (χ1) is 26.3. The molecule has 10 aromatic rings. The molecule has 4 aromatic heterocycles. The molecule has 0 radical (unpaired) electrons. The first-order valence-electron chi connectivity index (χ1n) is 18.1. The van der Waals surface area contributed by atoms with E-state index in [0.717, 1.165) is 55.3 Å².